The molecule has 0 aliphatic carbocycles. The zero-order valence-corrected chi connectivity index (χ0v) is 9.32. The minimum Gasteiger partial charge on any atom is -0.368 e. The first-order chi connectivity index (χ1) is 7.43. The van der Waals surface area contributed by atoms with E-state index in [4.69, 9.17) is 0 Å². The van der Waals surface area contributed by atoms with E-state index in [-0.39, 0.29) is 0 Å². The van der Waals surface area contributed by atoms with E-state index in [0.29, 0.717) is 0 Å². The Bertz CT molecular complexity index is 293. The van der Waals surface area contributed by atoms with E-state index >= 15 is 0 Å². The van der Waals surface area contributed by atoms with Crippen LogP contribution >= 0.6 is 0 Å². The second kappa shape index (κ2) is 7.86. The molecule has 0 saturated heterocycles. The molecule has 0 aliphatic heterocycles. The Kier molecular flexibility index (Phi) is 6.07. The largest absolute Gasteiger partial charge is 0.368 e. The maximum Gasteiger partial charge on any atom is 0.000496 e. The third kappa shape index (κ3) is 5.74. The molecular weight excluding hydrogens is 182 g/mol. The smallest absolute Gasteiger partial charge is 0.000496 e. The first-order valence-electron chi connectivity index (χ1n) is 5.55. The average molecular weight is 201 g/mol. The third-order valence-corrected chi connectivity index (χ3v) is 2.16. The summed E-state index contributed by atoms with van der Waals surface area (Å²) in [6.45, 7) is 2.23. The lowest BCUT2D eigenvalue weighted by Gasteiger charge is -1.96. The van der Waals surface area contributed by atoms with Crippen molar-refractivity contribution in [1.29, 1.82) is 0 Å². The van der Waals surface area contributed by atoms with Crippen molar-refractivity contribution in [2.75, 3.05) is 0 Å². The topological polar surface area (TPSA) is 15.8 Å². The molecule has 2 aromatic rings. The average Bonchev–Trinajstić information content (AvgIpc) is 2.86. The predicted octanol–water partition coefficient (Wildman–Crippen LogP) is 4.04. The molecule has 1 nitrogen and oxygen atoms in total. The van der Waals surface area contributed by atoms with E-state index in [2.05, 4.69) is 42.2 Å². The molecule has 1 heteroatoms. The van der Waals surface area contributed by atoms with E-state index in [1.807, 2.05) is 24.5 Å². The Hall–Kier alpha value is -1.50. The molecule has 0 spiro atoms. The summed E-state index contributed by atoms with van der Waals surface area (Å²) in [4.78, 5) is 2.86. The number of hydrogen-bond donors (Lipinski definition) is 1. The van der Waals surface area contributed by atoms with Gasteiger partial charge in [-0.3, -0.25) is 0 Å². The molecule has 0 fully saturated rings. The first kappa shape index (κ1) is 11.6. The number of aromatic nitrogens is 1. The molecular formula is C14H19N. The summed E-state index contributed by atoms with van der Waals surface area (Å²) in [6.07, 6.45) is 7.58. The molecule has 0 saturated carbocycles. The summed E-state index contributed by atoms with van der Waals surface area (Å²) < 4.78 is 0. The van der Waals surface area contributed by atoms with Crippen molar-refractivity contribution in [2.24, 2.45) is 0 Å². The predicted molar refractivity (Wildman–Crippen MR) is 65.8 cm³/mol. The van der Waals surface area contributed by atoms with Crippen molar-refractivity contribution in [3.8, 4) is 0 Å². The first-order valence-corrected chi connectivity index (χ1v) is 5.55. The number of rotatable bonds is 3. The molecule has 80 valence electrons. The Morgan fingerprint density at radius 1 is 0.933 bits per heavy atom. The van der Waals surface area contributed by atoms with Crippen molar-refractivity contribution in [2.45, 2.75) is 26.2 Å². The summed E-state index contributed by atoms with van der Waals surface area (Å²) in [5.41, 5.74) is 1.46. The van der Waals surface area contributed by atoms with Gasteiger partial charge in [-0.2, -0.15) is 0 Å². The van der Waals surface area contributed by atoms with Gasteiger partial charge in [-0.25, -0.2) is 0 Å². The van der Waals surface area contributed by atoms with E-state index in [9.17, 15) is 0 Å². The van der Waals surface area contributed by atoms with Crippen LogP contribution in [0.5, 0.6) is 0 Å². The molecule has 0 bridgehead atoms. The quantitative estimate of drug-likeness (QED) is 0.771. The van der Waals surface area contributed by atoms with Gasteiger partial charge in [0.15, 0.2) is 0 Å². The van der Waals surface area contributed by atoms with E-state index in [0.717, 1.165) is 0 Å². The third-order valence-electron chi connectivity index (χ3n) is 2.16. The second-order valence-electron chi connectivity index (χ2n) is 3.47. The lowest BCUT2D eigenvalue weighted by Crippen LogP contribution is -1.81. The van der Waals surface area contributed by atoms with Crippen LogP contribution in [0.4, 0.5) is 0 Å². The Morgan fingerprint density at radius 2 is 1.60 bits per heavy atom. The standard InChI is InChI=1S/C10H14.C4H5N/c1-2-3-7-10-8-5-4-6-9-10;1-2-4-5-3-1/h4-6,8-9H,2-3,7H2,1H3;1-5H. The van der Waals surface area contributed by atoms with Crippen molar-refractivity contribution in [1.82, 2.24) is 4.98 Å². The minimum atomic E-state index is 1.23. The normalized spacial score (nSPS) is 9.13. The van der Waals surface area contributed by atoms with Gasteiger partial charge in [-0.15, -0.1) is 0 Å². The number of aromatic amines is 1. The van der Waals surface area contributed by atoms with Gasteiger partial charge >= 0.3 is 0 Å². The van der Waals surface area contributed by atoms with E-state index < -0.39 is 0 Å². The fourth-order valence-corrected chi connectivity index (χ4v) is 1.30. The zero-order chi connectivity index (χ0) is 10.8. The number of nitrogens with one attached hydrogen (secondary N) is 1. The summed E-state index contributed by atoms with van der Waals surface area (Å²) in [5, 5.41) is 0. The van der Waals surface area contributed by atoms with Crippen LogP contribution < -0.4 is 0 Å². The highest BCUT2D eigenvalue weighted by Gasteiger charge is 1.87. The van der Waals surface area contributed by atoms with Crippen molar-refractivity contribution in [3.63, 3.8) is 0 Å². The van der Waals surface area contributed by atoms with Gasteiger partial charge in [0.25, 0.3) is 0 Å². The van der Waals surface area contributed by atoms with Gasteiger partial charge in [-0.1, -0.05) is 43.7 Å². The molecule has 0 aliphatic rings. The lowest BCUT2D eigenvalue weighted by atomic mass is 10.1. The molecule has 1 aromatic heterocycles. The monoisotopic (exact) mass is 201 g/mol. The molecule has 1 aromatic carbocycles. The van der Waals surface area contributed by atoms with Crippen molar-refractivity contribution < 1.29 is 0 Å². The number of benzene rings is 1. The van der Waals surface area contributed by atoms with Crippen LogP contribution in [0.3, 0.4) is 0 Å². The lowest BCUT2D eigenvalue weighted by molar-refractivity contribution is 0.795. The molecule has 0 radical (unpaired) electrons. The van der Waals surface area contributed by atoms with Crippen LogP contribution in [0, 0.1) is 0 Å². The zero-order valence-electron chi connectivity index (χ0n) is 9.32. The number of unbranched alkanes of at least 4 members (excludes halogenated alkanes) is 1. The number of H-pyrrole nitrogens is 1. The number of hydrogen-bond acceptors (Lipinski definition) is 0. The molecule has 15 heavy (non-hydrogen) atoms. The van der Waals surface area contributed by atoms with Gasteiger partial charge in [0, 0.05) is 12.4 Å². The summed E-state index contributed by atoms with van der Waals surface area (Å²) >= 11 is 0. The fourth-order valence-electron chi connectivity index (χ4n) is 1.30. The summed E-state index contributed by atoms with van der Waals surface area (Å²) in [5.74, 6) is 0. The highest BCUT2D eigenvalue weighted by atomic mass is 14.6. The highest BCUT2D eigenvalue weighted by Crippen LogP contribution is 2.03. The van der Waals surface area contributed by atoms with Gasteiger partial charge in [0.1, 0.15) is 0 Å². The van der Waals surface area contributed by atoms with Crippen molar-refractivity contribution in [3.05, 3.63) is 60.4 Å². The molecule has 0 atom stereocenters. The highest BCUT2D eigenvalue weighted by molar-refractivity contribution is 5.14. The molecule has 2 rings (SSSR count). The van der Waals surface area contributed by atoms with Crippen LogP contribution in [0.2, 0.25) is 0 Å². The summed E-state index contributed by atoms with van der Waals surface area (Å²) in [6, 6.07) is 14.5. The van der Waals surface area contributed by atoms with Crippen molar-refractivity contribution >= 4 is 0 Å². The van der Waals surface area contributed by atoms with Gasteiger partial charge in [0.05, 0.1) is 0 Å². The Labute approximate surface area is 92.2 Å². The molecule has 0 unspecified atom stereocenters. The van der Waals surface area contributed by atoms with Crippen LogP contribution in [0.25, 0.3) is 0 Å². The minimum absolute atomic E-state index is 1.23. The Balaban J connectivity index is 0.000000187. The van der Waals surface area contributed by atoms with Crippen LogP contribution in [0.1, 0.15) is 25.3 Å². The molecule has 0 amide bonds. The summed E-state index contributed by atoms with van der Waals surface area (Å²) in [7, 11) is 0. The second-order valence-corrected chi connectivity index (χ2v) is 3.47. The SMILES string of the molecule is CCCCc1ccccc1.c1cc[nH]c1. The molecule has 1 heterocycles. The van der Waals surface area contributed by atoms with E-state index in [1.165, 1.54) is 24.8 Å². The maximum atomic E-state index is 2.86. The van der Waals surface area contributed by atoms with E-state index in [1.54, 1.807) is 0 Å². The maximum absolute atomic E-state index is 2.86. The molecule has 1 N–H and O–H groups in total. The van der Waals surface area contributed by atoms with Crippen LogP contribution in [-0.4, -0.2) is 4.98 Å². The van der Waals surface area contributed by atoms with Gasteiger partial charge in [0.2, 0.25) is 0 Å². The fraction of sp³-hybridized carbons (Fsp3) is 0.286. The van der Waals surface area contributed by atoms with Gasteiger partial charge < -0.3 is 4.98 Å². The van der Waals surface area contributed by atoms with Crippen LogP contribution in [0.15, 0.2) is 54.9 Å². The Morgan fingerprint density at radius 3 is 2.07 bits per heavy atom. The van der Waals surface area contributed by atoms with Crippen LogP contribution in [-0.2, 0) is 6.42 Å². The number of aryl methyl sites for hydroxylation is 1. The van der Waals surface area contributed by atoms with Gasteiger partial charge in [-0.05, 0) is 30.5 Å².